The molecule has 0 radical (unpaired) electrons. The van der Waals surface area contributed by atoms with Gasteiger partial charge in [-0.05, 0) is 42.0 Å². The first-order chi connectivity index (χ1) is 19.6. The number of ether oxygens (including phenoxy) is 5. The highest BCUT2D eigenvalue weighted by atomic mass is 79.9. The molecule has 41 heavy (non-hydrogen) atoms. The Balaban J connectivity index is 0.000000317. The van der Waals surface area contributed by atoms with Crippen LogP contribution in [-0.2, 0) is 47.5 Å². The molecule has 0 aliphatic rings. The van der Waals surface area contributed by atoms with Crippen LogP contribution in [0, 0.1) is 0 Å². The number of halogens is 1. The molecular formula is C30H31BrO9S. The molecule has 0 amide bonds. The minimum Gasteiger partial charge on any atom is -0.497 e. The van der Waals surface area contributed by atoms with Gasteiger partial charge in [0.1, 0.15) is 19.0 Å². The molecule has 0 saturated heterocycles. The van der Waals surface area contributed by atoms with Crippen LogP contribution in [0.15, 0.2) is 70.0 Å². The van der Waals surface area contributed by atoms with Gasteiger partial charge < -0.3 is 23.7 Å². The summed E-state index contributed by atoms with van der Waals surface area (Å²) >= 11 is 4.86. The fourth-order valence-corrected chi connectivity index (χ4v) is 4.73. The molecule has 0 heterocycles. The molecule has 0 bridgehead atoms. The molecule has 0 unspecified atom stereocenters. The van der Waals surface area contributed by atoms with Crippen LogP contribution in [0.25, 0.3) is 0 Å². The van der Waals surface area contributed by atoms with E-state index in [-0.39, 0.29) is 25.2 Å². The Kier molecular flexibility index (Phi) is 13.9. The number of benzene rings is 3. The van der Waals surface area contributed by atoms with E-state index in [0.29, 0.717) is 21.4 Å². The maximum absolute atomic E-state index is 11.8. The van der Waals surface area contributed by atoms with Crippen molar-refractivity contribution in [2.45, 2.75) is 37.7 Å². The molecule has 3 rings (SSSR count). The predicted molar refractivity (Wildman–Crippen MR) is 157 cm³/mol. The molecule has 9 nitrogen and oxygen atoms in total. The Bertz CT molecular complexity index is 1360. The van der Waals surface area contributed by atoms with Crippen LogP contribution in [0.1, 0.15) is 51.3 Å². The van der Waals surface area contributed by atoms with E-state index in [4.69, 9.17) is 18.9 Å². The van der Waals surface area contributed by atoms with Gasteiger partial charge in [0.05, 0.1) is 32.5 Å². The smallest absolute Gasteiger partial charge is 0.337 e. The lowest BCUT2D eigenvalue weighted by Gasteiger charge is -2.11. The van der Waals surface area contributed by atoms with Crippen molar-refractivity contribution in [1.29, 1.82) is 0 Å². The van der Waals surface area contributed by atoms with E-state index in [2.05, 4.69) is 20.7 Å². The second-order valence-electron chi connectivity index (χ2n) is 8.31. The number of hydrogen-bond acceptors (Lipinski definition) is 10. The highest BCUT2D eigenvalue weighted by Gasteiger charge is 2.12. The molecule has 0 saturated carbocycles. The van der Waals surface area contributed by atoms with E-state index < -0.39 is 11.9 Å². The second kappa shape index (κ2) is 17.1. The molecule has 0 atom stereocenters. The van der Waals surface area contributed by atoms with Gasteiger partial charge in [0.2, 0.25) is 0 Å². The van der Waals surface area contributed by atoms with Gasteiger partial charge >= 0.3 is 23.9 Å². The monoisotopic (exact) mass is 646 g/mol. The van der Waals surface area contributed by atoms with Gasteiger partial charge in [-0.2, -0.15) is 0 Å². The van der Waals surface area contributed by atoms with E-state index >= 15 is 0 Å². The van der Waals surface area contributed by atoms with Crippen molar-refractivity contribution >= 4 is 51.6 Å². The zero-order chi connectivity index (χ0) is 30.4. The van der Waals surface area contributed by atoms with E-state index in [9.17, 15) is 19.2 Å². The summed E-state index contributed by atoms with van der Waals surface area (Å²) in [4.78, 5) is 45.6. The van der Waals surface area contributed by atoms with E-state index in [1.54, 1.807) is 55.3 Å². The van der Waals surface area contributed by atoms with Crippen molar-refractivity contribution in [3.63, 3.8) is 0 Å². The first-order valence-electron chi connectivity index (χ1n) is 12.2. The fourth-order valence-electron chi connectivity index (χ4n) is 3.20. The third-order valence-corrected chi connectivity index (χ3v) is 7.28. The van der Waals surface area contributed by atoms with Gasteiger partial charge in [-0.3, -0.25) is 9.59 Å². The summed E-state index contributed by atoms with van der Waals surface area (Å²) in [7, 11) is 4.30. The third-order valence-electron chi connectivity index (χ3n) is 5.38. The molecule has 3 aromatic carbocycles. The summed E-state index contributed by atoms with van der Waals surface area (Å²) in [6.45, 7) is 3.06. The molecule has 0 spiro atoms. The molecule has 0 fully saturated rings. The SMILES string of the molecule is COC(=O)c1ccc(COC(C)=O)c(Br)c1.COC(=O)c1ccc(COC(C)=O)c(SCc2ccc(OC)cc2)c1. The molecular weight excluding hydrogens is 616 g/mol. The molecule has 218 valence electrons. The first-order valence-corrected chi connectivity index (χ1v) is 14.0. The molecule has 3 aromatic rings. The topological polar surface area (TPSA) is 114 Å². The Morgan fingerprint density at radius 1 is 0.707 bits per heavy atom. The fraction of sp³-hybridized carbons (Fsp3) is 0.267. The van der Waals surface area contributed by atoms with Crippen LogP contribution in [0.4, 0.5) is 0 Å². The number of thioether (sulfide) groups is 1. The van der Waals surface area contributed by atoms with Crippen molar-refractivity contribution in [2.24, 2.45) is 0 Å². The average molecular weight is 648 g/mol. The van der Waals surface area contributed by atoms with Crippen LogP contribution in [0.2, 0.25) is 0 Å². The lowest BCUT2D eigenvalue weighted by molar-refractivity contribution is -0.143. The number of methoxy groups -OCH3 is 3. The lowest BCUT2D eigenvalue weighted by Crippen LogP contribution is -2.04. The van der Waals surface area contributed by atoms with Gasteiger partial charge in [0, 0.05) is 40.1 Å². The number of rotatable bonds is 10. The normalized spacial score (nSPS) is 10.0. The van der Waals surface area contributed by atoms with Crippen molar-refractivity contribution in [1.82, 2.24) is 0 Å². The largest absolute Gasteiger partial charge is 0.497 e. The Morgan fingerprint density at radius 3 is 1.71 bits per heavy atom. The number of hydrogen-bond donors (Lipinski definition) is 0. The minimum atomic E-state index is -0.403. The number of esters is 4. The Hall–Kier alpha value is -3.83. The van der Waals surface area contributed by atoms with Crippen LogP contribution in [-0.4, -0.2) is 45.2 Å². The van der Waals surface area contributed by atoms with Crippen molar-refractivity contribution < 1.29 is 42.9 Å². The summed E-state index contributed by atoms with van der Waals surface area (Å²) in [5, 5.41) is 0. The number of carbonyl (C=O) groups excluding carboxylic acids is 4. The Morgan fingerprint density at radius 2 is 1.22 bits per heavy atom. The summed E-state index contributed by atoms with van der Waals surface area (Å²) in [5.41, 5.74) is 3.67. The van der Waals surface area contributed by atoms with Crippen LogP contribution in [0.5, 0.6) is 5.75 Å². The van der Waals surface area contributed by atoms with E-state index in [0.717, 1.165) is 27.3 Å². The standard InChI is InChI=1S/C19H20O5S.C11H11BrO4/c1-13(20)24-11-16-7-6-15(19(21)23-3)10-18(16)25-12-14-4-8-17(22-2)9-5-14;1-7(13)16-6-9-4-3-8(5-10(9)12)11(14)15-2/h4-10H,11-12H2,1-3H3;3-5H,6H2,1-2H3. The second-order valence-corrected chi connectivity index (χ2v) is 10.2. The van der Waals surface area contributed by atoms with E-state index in [1.807, 2.05) is 24.3 Å². The van der Waals surface area contributed by atoms with Crippen LogP contribution < -0.4 is 4.74 Å². The van der Waals surface area contributed by atoms with E-state index in [1.165, 1.54) is 28.1 Å². The zero-order valence-corrected chi connectivity index (χ0v) is 25.8. The molecule has 0 aromatic heterocycles. The maximum atomic E-state index is 11.8. The number of carbonyl (C=O) groups is 4. The highest BCUT2D eigenvalue weighted by Crippen LogP contribution is 2.29. The summed E-state index contributed by atoms with van der Waals surface area (Å²) in [6, 6.07) is 18.0. The third kappa shape index (κ3) is 11.3. The average Bonchev–Trinajstić information content (AvgIpc) is 2.98. The lowest BCUT2D eigenvalue weighted by atomic mass is 10.1. The minimum absolute atomic E-state index is 0.168. The predicted octanol–water partition coefficient (Wildman–Crippen LogP) is 6.14. The van der Waals surface area contributed by atoms with Gasteiger partial charge in [-0.1, -0.05) is 40.2 Å². The van der Waals surface area contributed by atoms with Crippen molar-refractivity contribution in [2.75, 3.05) is 21.3 Å². The molecule has 0 aliphatic carbocycles. The molecule has 0 N–H and O–H groups in total. The highest BCUT2D eigenvalue weighted by molar-refractivity contribution is 9.10. The van der Waals surface area contributed by atoms with Gasteiger partial charge in [-0.25, -0.2) is 9.59 Å². The van der Waals surface area contributed by atoms with Gasteiger partial charge in [0.25, 0.3) is 0 Å². The van der Waals surface area contributed by atoms with Crippen LogP contribution >= 0.6 is 27.7 Å². The summed E-state index contributed by atoms with van der Waals surface area (Å²) < 4.78 is 25.2. The molecule has 0 aliphatic heterocycles. The van der Waals surface area contributed by atoms with Crippen molar-refractivity contribution in [3.05, 3.63) is 93.0 Å². The molecule has 11 heteroatoms. The van der Waals surface area contributed by atoms with Gasteiger partial charge in [-0.15, -0.1) is 11.8 Å². The van der Waals surface area contributed by atoms with Crippen LogP contribution in [0.3, 0.4) is 0 Å². The Labute approximate surface area is 251 Å². The zero-order valence-electron chi connectivity index (χ0n) is 23.4. The summed E-state index contributed by atoms with van der Waals surface area (Å²) in [5.74, 6) is 0.0240. The quantitative estimate of drug-likeness (QED) is 0.145. The van der Waals surface area contributed by atoms with Gasteiger partial charge in [0.15, 0.2) is 0 Å². The maximum Gasteiger partial charge on any atom is 0.337 e. The first kappa shape index (κ1) is 33.4. The van der Waals surface area contributed by atoms with Crippen molar-refractivity contribution in [3.8, 4) is 5.75 Å². The summed E-state index contributed by atoms with van der Waals surface area (Å²) in [6.07, 6.45) is 0.